The number of halogens is 1. The van der Waals surface area contributed by atoms with Crippen molar-refractivity contribution in [2.24, 2.45) is 7.05 Å². The van der Waals surface area contributed by atoms with Gasteiger partial charge in [-0.3, -0.25) is 9.59 Å². The smallest absolute Gasteiger partial charge is 0.251 e. The van der Waals surface area contributed by atoms with Crippen LogP contribution in [0.2, 0.25) is 0 Å². The first-order valence-electron chi connectivity index (χ1n) is 9.54. The van der Waals surface area contributed by atoms with Crippen LogP contribution in [0.5, 0.6) is 0 Å². The van der Waals surface area contributed by atoms with E-state index in [0.29, 0.717) is 23.0 Å². The predicted octanol–water partition coefficient (Wildman–Crippen LogP) is 3.60. The van der Waals surface area contributed by atoms with Crippen molar-refractivity contribution in [2.45, 2.75) is 16.5 Å². The lowest BCUT2D eigenvalue weighted by Crippen LogP contribution is -2.25. The van der Waals surface area contributed by atoms with E-state index in [4.69, 9.17) is 0 Å². The number of hydrogen-bond acceptors (Lipinski definition) is 6. The van der Waals surface area contributed by atoms with Crippen LogP contribution in [0.25, 0.3) is 0 Å². The van der Waals surface area contributed by atoms with Gasteiger partial charge in [-0.15, -0.1) is 22.0 Å². The number of nitrogens with zero attached hydrogens (tertiary/aromatic N) is 3. The molecule has 1 aromatic heterocycles. The van der Waals surface area contributed by atoms with Gasteiger partial charge in [0, 0.05) is 29.7 Å². The molecule has 0 fully saturated rings. The van der Waals surface area contributed by atoms with Gasteiger partial charge in [-0.05, 0) is 54.6 Å². The van der Waals surface area contributed by atoms with Gasteiger partial charge < -0.3 is 15.2 Å². The molecule has 0 radical (unpaired) electrons. The van der Waals surface area contributed by atoms with E-state index < -0.39 is 0 Å². The SMILES string of the molecule is Cn1cnnc1SCC(=O)Nc1cccc(C(=O)NCCCSc2ccc(F)cc2)c1. The molecule has 0 aliphatic heterocycles. The minimum absolute atomic E-state index is 0.189. The molecular formula is C21H22FN5O2S2. The van der Waals surface area contributed by atoms with Crippen molar-refractivity contribution in [1.82, 2.24) is 20.1 Å². The van der Waals surface area contributed by atoms with Gasteiger partial charge in [-0.25, -0.2) is 4.39 Å². The monoisotopic (exact) mass is 459 g/mol. The highest BCUT2D eigenvalue weighted by molar-refractivity contribution is 7.99. The fourth-order valence-electron chi connectivity index (χ4n) is 2.57. The Labute approximate surface area is 188 Å². The van der Waals surface area contributed by atoms with Crippen molar-refractivity contribution in [3.05, 3.63) is 66.2 Å². The third-order valence-corrected chi connectivity index (χ3v) is 6.23. The third kappa shape index (κ3) is 7.41. The van der Waals surface area contributed by atoms with E-state index in [1.165, 1.54) is 23.9 Å². The average molecular weight is 460 g/mol. The Kier molecular flexibility index (Phi) is 8.48. The molecule has 1 heterocycles. The average Bonchev–Trinajstić information content (AvgIpc) is 3.18. The van der Waals surface area contributed by atoms with Crippen LogP contribution in [0.1, 0.15) is 16.8 Å². The number of thioether (sulfide) groups is 2. The Balaban J connectivity index is 1.40. The fraction of sp³-hybridized carbons (Fsp3) is 0.238. The summed E-state index contributed by atoms with van der Waals surface area (Å²) in [6, 6.07) is 13.2. The van der Waals surface area contributed by atoms with Gasteiger partial charge >= 0.3 is 0 Å². The van der Waals surface area contributed by atoms with Crippen LogP contribution in [0.4, 0.5) is 10.1 Å². The standard InChI is InChI=1S/C21H22FN5O2S2/c1-27-14-24-26-21(27)31-13-19(28)25-17-5-2-4-15(12-17)20(29)23-10-3-11-30-18-8-6-16(22)7-9-18/h2,4-9,12,14H,3,10-11,13H2,1H3,(H,23,29)(H,25,28). The topological polar surface area (TPSA) is 88.9 Å². The summed E-state index contributed by atoms with van der Waals surface area (Å²) in [5.74, 6) is 0.360. The number of carbonyl (C=O) groups is 2. The molecule has 162 valence electrons. The van der Waals surface area contributed by atoms with Crippen LogP contribution in [-0.2, 0) is 11.8 Å². The van der Waals surface area contributed by atoms with Crippen molar-refractivity contribution in [1.29, 1.82) is 0 Å². The number of hydrogen-bond donors (Lipinski definition) is 2. The Morgan fingerprint density at radius 2 is 1.94 bits per heavy atom. The van der Waals surface area contributed by atoms with Crippen molar-refractivity contribution in [3.8, 4) is 0 Å². The number of anilines is 1. The summed E-state index contributed by atoms with van der Waals surface area (Å²) in [4.78, 5) is 25.5. The van der Waals surface area contributed by atoms with Gasteiger partial charge in [0.15, 0.2) is 5.16 Å². The molecule has 0 aliphatic carbocycles. The van der Waals surface area contributed by atoms with Gasteiger partial charge in [0.2, 0.25) is 5.91 Å². The Bertz CT molecular complexity index is 1030. The highest BCUT2D eigenvalue weighted by atomic mass is 32.2. The lowest BCUT2D eigenvalue weighted by molar-refractivity contribution is -0.113. The molecule has 3 rings (SSSR count). The summed E-state index contributed by atoms with van der Waals surface area (Å²) < 4.78 is 14.6. The molecule has 2 N–H and O–H groups in total. The molecule has 2 aromatic carbocycles. The Morgan fingerprint density at radius 1 is 1.13 bits per heavy atom. The predicted molar refractivity (Wildman–Crippen MR) is 121 cm³/mol. The highest BCUT2D eigenvalue weighted by Gasteiger charge is 2.10. The largest absolute Gasteiger partial charge is 0.352 e. The zero-order chi connectivity index (χ0) is 22.1. The number of rotatable bonds is 10. The molecule has 31 heavy (non-hydrogen) atoms. The molecule has 0 atom stereocenters. The van der Waals surface area contributed by atoms with E-state index in [2.05, 4.69) is 20.8 Å². The van der Waals surface area contributed by atoms with Crippen LogP contribution in [0.15, 0.2) is 64.9 Å². The molecule has 7 nitrogen and oxygen atoms in total. The van der Waals surface area contributed by atoms with Crippen molar-refractivity contribution in [2.75, 3.05) is 23.4 Å². The minimum atomic E-state index is -0.251. The number of aromatic nitrogens is 3. The van der Waals surface area contributed by atoms with E-state index in [-0.39, 0.29) is 23.4 Å². The van der Waals surface area contributed by atoms with Crippen LogP contribution in [0.3, 0.4) is 0 Å². The molecule has 0 bridgehead atoms. The summed E-state index contributed by atoms with van der Waals surface area (Å²) in [5.41, 5.74) is 1.04. The maximum absolute atomic E-state index is 12.9. The Morgan fingerprint density at radius 3 is 2.68 bits per heavy atom. The number of aryl methyl sites for hydroxylation is 1. The number of benzene rings is 2. The molecule has 0 spiro atoms. The number of amides is 2. The molecule has 10 heteroatoms. The van der Waals surface area contributed by atoms with Gasteiger partial charge in [0.05, 0.1) is 5.75 Å². The molecule has 0 saturated heterocycles. The lowest BCUT2D eigenvalue weighted by Gasteiger charge is -2.08. The van der Waals surface area contributed by atoms with Crippen LogP contribution >= 0.6 is 23.5 Å². The van der Waals surface area contributed by atoms with Gasteiger partial charge in [-0.1, -0.05) is 17.8 Å². The molecule has 0 saturated carbocycles. The van der Waals surface area contributed by atoms with Crippen molar-refractivity contribution in [3.63, 3.8) is 0 Å². The lowest BCUT2D eigenvalue weighted by atomic mass is 10.2. The van der Waals surface area contributed by atoms with E-state index >= 15 is 0 Å². The normalized spacial score (nSPS) is 10.6. The van der Waals surface area contributed by atoms with E-state index in [0.717, 1.165) is 17.1 Å². The number of carbonyl (C=O) groups excluding carboxylic acids is 2. The Hall–Kier alpha value is -2.85. The summed E-state index contributed by atoms with van der Waals surface area (Å²) >= 11 is 2.90. The number of nitrogens with one attached hydrogen (secondary N) is 2. The van der Waals surface area contributed by atoms with Crippen molar-refractivity contribution < 1.29 is 14.0 Å². The summed E-state index contributed by atoms with van der Waals surface area (Å²) in [7, 11) is 1.81. The molecule has 0 unspecified atom stereocenters. The van der Waals surface area contributed by atoms with Gasteiger partial charge in [0.25, 0.3) is 5.91 Å². The van der Waals surface area contributed by atoms with E-state index in [9.17, 15) is 14.0 Å². The quantitative estimate of drug-likeness (QED) is 0.356. The summed E-state index contributed by atoms with van der Waals surface area (Å²) in [6.07, 6.45) is 2.35. The van der Waals surface area contributed by atoms with Gasteiger partial charge in [-0.2, -0.15) is 0 Å². The summed E-state index contributed by atoms with van der Waals surface area (Å²) in [6.45, 7) is 0.526. The third-order valence-electron chi connectivity index (χ3n) is 4.10. The van der Waals surface area contributed by atoms with Crippen LogP contribution in [-0.4, -0.2) is 44.6 Å². The first kappa shape index (κ1) is 22.8. The second kappa shape index (κ2) is 11.5. The highest BCUT2D eigenvalue weighted by Crippen LogP contribution is 2.19. The maximum atomic E-state index is 12.9. The maximum Gasteiger partial charge on any atom is 0.251 e. The van der Waals surface area contributed by atoms with E-state index in [1.807, 2.05) is 7.05 Å². The zero-order valence-corrected chi connectivity index (χ0v) is 18.5. The minimum Gasteiger partial charge on any atom is -0.352 e. The fourth-order valence-corrected chi connectivity index (χ4v) is 4.11. The first-order valence-corrected chi connectivity index (χ1v) is 11.5. The van der Waals surface area contributed by atoms with Crippen molar-refractivity contribution >= 4 is 41.0 Å². The van der Waals surface area contributed by atoms with Crippen LogP contribution in [0, 0.1) is 5.82 Å². The second-order valence-electron chi connectivity index (χ2n) is 6.55. The molecular weight excluding hydrogens is 437 g/mol. The molecule has 2 amide bonds. The summed E-state index contributed by atoms with van der Waals surface area (Å²) in [5, 5.41) is 14.0. The molecule has 3 aromatic rings. The van der Waals surface area contributed by atoms with E-state index in [1.54, 1.807) is 59.1 Å². The zero-order valence-electron chi connectivity index (χ0n) is 16.9. The van der Waals surface area contributed by atoms with Crippen LogP contribution < -0.4 is 10.6 Å². The molecule has 0 aliphatic rings. The first-order chi connectivity index (χ1) is 15.0. The van der Waals surface area contributed by atoms with Gasteiger partial charge in [0.1, 0.15) is 12.1 Å². The second-order valence-corrected chi connectivity index (χ2v) is 8.66.